The first kappa shape index (κ1) is 9.46. The minimum absolute atomic E-state index is 0.257. The molecule has 1 aromatic rings. The van der Waals surface area contributed by atoms with E-state index in [0.29, 0.717) is 0 Å². The average molecular weight is 192 g/mol. The molecule has 0 aromatic carbocycles. The zero-order valence-electron chi connectivity index (χ0n) is 8.49. The smallest absolute Gasteiger partial charge is 0.142 e. The molecule has 0 unspecified atom stereocenters. The van der Waals surface area contributed by atoms with E-state index in [1.165, 1.54) is 12.8 Å². The Morgan fingerprint density at radius 3 is 2.79 bits per heavy atom. The largest absolute Gasteiger partial charge is 0.495 e. The number of ether oxygens (including phenoxy) is 1. The van der Waals surface area contributed by atoms with E-state index in [0.717, 1.165) is 24.3 Å². The van der Waals surface area contributed by atoms with Crippen molar-refractivity contribution in [2.75, 3.05) is 7.11 Å². The van der Waals surface area contributed by atoms with Crippen molar-refractivity contribution in [2.24, 2.45) is 5.73 Å². The number of hydrogen-bond donors (Lipinski definition) is 1. The van der Waals surface area contributed by atoms with Gasteiger partial charge in [0.05, 0.1) is 12.6 Å². The fourth-order valence-corrected chi connectivity index (χ4v) is 2.17. The lowest BCUT2D eigenvalue weighted by molar-refractivity contribution is 0.370. The van der Waals surface area contributed by atoms with E-state index in [4.69, 9.17) is 10.5 Å². The van der Waals surface area contributed by atoms with E-state index in [1.807, 2.05) is 12.1 Å². The topological polar surface area (TPSA) is 48.1 Å². The Kier molecular flexibility index (Phi) is 2.42. The molecule has 14 heavy (non-hydrogen) atoms. The molecule has 0 saturated heterocycles. The van der Waals surface area contributed by atoms with Gasteiger partial charge in [-0.3, -0.25) is 4.98 Å². The van der Waals surface area contributed by atoms with Crippen LogP contribution in [0, 0.1) is 0 Å². The molecular weight excluding hydrogens is 176 g/mol. The molecule has 1 fully saturated rings. The molecule has 3 nitrogen and oxygen atoms in total. The van der Waals surface area contributed by atoms with Crippen LogP contribution in [0.25, 0.3) is 0 Å². The Morgan fingerprint density at radius 2 is 2.14 bits per heavy atom. The second-order valence-corrected chi connectivity index (χ2v) is 3.92. The van der Waals surface area contributed by atoms with E-state index >= 15 is 0 Å². The second kappa shape index (κ2) is 3.58. The highest BCUT2D eigenvalue weighted by Crippen LogP contribution is 2.38. The lowest BCUT2D eigenvalue weighted by Gasteiger charge is -2.24. The Balaban J connectivity index is 2.39. The first-order valence-electron chi connectivity index (χ1n) is 5.05. The summed E-state index contributed by atoms with van der Waals surface area (Å²) in [5, 5.41) is 0. The maximum atomic E-state index is 6.31. The maximum Gasteiger partial charge on any atom is 0.142 e. The van der Waals surface area contributed by atoms with Crippen molar-refractivity contribution < 1.29 is 4.74 Å². The number of nitrogens with two attached hydrogens (primary N) is 1. The van der Waals surface area contributed by atoms with E-state index in [1.54, 1.807) is 13.3 Å². The lowest BCUT2D eigenvalue weighted by atomic mass is 9.93. The standard InChI is InChI=1S/C11H16N2O/c1-14-9-5-4-8-13-10(9)11(12)6-2-3-7-11/h4-5,8H,2-3,6-7,12H2,1H3. The average Bonchev–Trinajstić information content (AvgIpc) is 2.66. The van der Waals surface area contributed by atoms with Crippen molar-refractivity contribution in [3.05, 3.63) is 24.0 Å². The second-order valence-electron chi connectivity index (χ2n) is 3.92. The van der Waals surface area contributed by atoms with Gasteiger partial charge in [-0.2, -0.15) is 0 Å². The molecule has 2 rings (SSSR count). The third-order valence-electron chi connectivity index (χ3n) is 2.96. The molecule has 0 spiro atoms. The minimum Gasteiger partial charge on any atom is -0.495 e. The summed E-state index contributed by atoms with van der Waals surface area (Å²) in [5.74, 6) is 0.817. The van der Waals surface area contributed by atoms with Gasteiger partial charge in [0.1, 0.15) is 11.4 Å². The van der Waals surface area contributed by atoms with E-state index < -0.39 is 0 Å². The van der Waals surface area contributed by atoms with Crippen LogP contribution in [0.1, 0.15) is 31.4 Å². The van der Waals surface area contributed by atoms with Crippen molar-refractivity contribution in [3.63, 3.8) is 0 Å². The van der Waals surface area contributed by atoms with Gasteiger partial charge in [0.2, 0.25) is 0 Å². The molecular formula is C11H16N2O. The van der Waals surface area contributed by atoms with Gasteiger partial charge in [-0.1, -0.05) is 12.8 Å². The summed E-state index contributed by atoms with van der Waals surface area (Å²) in [6.07, 6.45) is 6.19. The van der Waals surface area contributed by atoms with Gasteiger partial charge < -0.3 is 10.5 Å². The Labute approximate surface area is 84.3 Å². The first-order valence-corrected chi connectivity index (χ1v) is 5.05. The lowest BCUT2D eigenvalue weighted by Crippen LogP contribution is -2.34. The summed E-state index contributed by atoms with van der Waals surface area (Å²) in [4.78, 5) is 4.35. The van der Waals surface area contributed by atoms with Crippen LogP contribution in [0.3, 0.4) is 0 Å². The van der Waals surface area contributed by atoms with Crippen LogP contribution in [-0.2, 0) is 5.54 Å². The van der Waals surface area contributed by atoms with Crippen molar-refractivity contribution in [2.45, 2.75) is 31.2 Å². The Hall–Kier alpha value is -1.09. The maximum absolute atomic E-state index is 6.31. The molecule has 0 amide bonds. The summed E-state index contributed by atoms with van der Waals surface area (Å²) >= 11 is 0. The normalized spacial score (nSPS) is 19.6. The van der Waals surface area contributed by atoms with Crippen molar-refractivity contribution in [1.82, 2.24) is 4.98 Å². The summed E-state index contributed by atoms with van der Waals surface area (Å²) in [5.41, 5.74) is 6.97. The van der Waals surface area contributed by atoms with E-state index in [9.17, 15) is 0 Å². The summed E-state index contributed by atoms with van der Waals surface area (Å²) in [7, 11) is 1.67. The highest BCUT2D eigenvalue weighted by Gasteiger charge is 2.34. The molecule has 0 bridgehead atoms. The zero-order chi connectivity index (χ0) is 10.0. The summed E-state index contributed by atoms with van der Waals surface area (Å²) in [6, 6.07) is 3.80. The van der Waals surface area contributed by atoms with Gasteiger partial charge >= 0.3 is 0 Å². The summed E-state index contributed by atoms with van der Waals surface area (Å²) < 4.78 is 5.28. The molecule has 0 aliphatic heterocycles. The highest BCUT2D eigenvalue weighted by molar-refractivity contribution is 5.33. The fourth-order valence-electron chi connectivity index (χ4n) is 2.17. The van der Waals surface area contributed by atoms with Gasteiger partial charge in [0, 0.05) is 6.20 Å². The summed E-state index contributed by atoms with van der Waals surface area (Å²) in [6.45, 7) is 0. The van der Waals surface area contributed by atoms with Crippen LogP contribution in [0.5, 0.6) is 5.75 Å². The molecule has 3 heteroatoms. The Bertz CT molecular complexity index is 319. The third kappa shape index (κ3) is 1.48. The van der Waals surface area contributed by atoms with Crippen LogP contribution in [0.15, 0.2) is 18.3 Å². The molecule has 1 aliphatic carbocycles. The molecule has 0 atom stereocenters. The van der Waals surface area contributed by atoms with Gasteiger partial charge in [0.25, 0.3) is 0 Å². The SMILES string of the molecule is COc1cccnc1C1(N)CCCC1. The van der Waals surface area contributed by atoms with Gasteiger partial charge in [0.15, 0.2) is 0 Å². The third-order valence-corrected chi connectivity index (χ3v) is 2.96. The molecule has 1 aliphatic rings. The molecule has 1 heterocycles. The molecule has 2 N–H and O–H groups in total. The van der Waals surface area contributed by atoms with E-state index in [-0.39, 0.29) is 5.54 Å². The minimum atomic E-state index is -0.257. The van der Waals surface area contributed by atoms with Crippen LogP contribution in [0.2, 0.25) is 0 Å². The zero-order valence-corrected chi connectivity index (χ0v) is 8.49. The number of hydrogen-bond acceptors (Lipinski definition) is 3. The molecule has 1 saturated carbocycles. The fraction of sp³-hybridized carbons (Fsp3) is 0.545. The first-order chi connectivity index (χ1) is 6.76. The van der Waals surface area contributed by atoms with E-state index in [2.05, 4.69) is 4.98 Å². The van der Waals surface area contributed by atoms with Crippen LogP contribution >= 0.6 is 0 Å². The predicted molar refractivity (Wildman–Crippen MR) is 55.1 cm³/mol. The quantitative estimate of drug-likeness (QED) is 0.777. The van der Waals surface area contributed by atoms with Crippen LogP contribution in [0.4, 0.5) is 0 Å². The Morgan fingerprint density at radius 1 is 1.43 bits per heavy atom. The number of methoxy groups -OCH3 is 1. The van der Waals surface area contributed by atoms with Crippen molar-refractivity contribution >= 4 is 0 Å². The highest BCUT2D eigenvalue weighted by atomic mass is 16.5. The number of pyridine rings is 1. The molecule has 76 valence electrons. The van der Waals surface area contributed by atoms with Gasteiger partial charge in [-0.05, 0) is 25.0 Å². The van der Waals surface area contributed by atoms with Gasteiger partial charge in [-0.15, -0.1) is 0 Å². The van der Waals surface area contributed by atoms with Crippen molar-refractivity contribution in [1.29, 1.82) is 0 Å². The van der Waals surface area contributed by atoms with Crippen LogP contribution in [-0.4, -0.2) is 12.1 Å². The number of nitrogens with zero attached hydrogens (tertiary/aromatic N) is 1. The predicted octanol–water partition coefficient (Wildman–Crippen LogP) is 1.82. The van der Waals surface area contributed by atoms with Crippen LogP contribution < -0.4 is 10.5 Å². The number of rotatable bonds is 2. The number of aromatic nitrogens is 1. The monoisotopic (exact) mass is 192 g/mol. The molecule has 0 radical (unpaired) electrons. The molecule has 1 aromatic heterocycles. The van der Waals surface area contributed by atoms with Gasteiger partial charge in [-0.25, -0.2) is 0 Å². The van der Waals surface area contributed by atoms with Crippen molar-refractivity contribution in [3.8, 4) is 5.75 Å².